The first kappa shape index (κ1) is 16.6. The van der Waals surface area contributed by atoms with Gasteiger partial charge in [0.1, 0.15) is 12.1 Å². The molecule has 0 radical (unpaired) electrons. The predicted molar refractivity (Wildman–Crippen MR) is 94.3 cm³/mol. The van der Waals surface area contributed by atoms with Crippen molar-refractivity contribution in [3.05, 3.63) is 77.5 Å². The monoisotopic (exact) mass is 342 g/mol. The Morgan fingerprint density at radius 2 is 2.04 bits per heavy atom. The van der Waals surface area contributed by atoms with Gasteiger partial charge in [0, 0.05) is 42.8 Å². The third kappa shape index (κ3) is 4.00. The molecular weight excluding hydrogens is 324 g/mol. The SMILES string of the molecule is COC[C@H](NCc1cccnc1-n1ccnc1)c1ccc(Cl)cc1. The van der Waals surface area contributed by atoms with Crippen molar-refractivity contribution in [2.45, 2.75) is 12.6 Å². The molecule has 124 valence electrons. The maximum atomic E-state index is 5.98. The number of methoxy groups -OCH3 is 1. The van der Waals surface area contributed by atoms with Gasteiger partial charge >= 0.3 is 0 Å². The maximum Gasteiger partial charge on any atom is 0.142 e. The molecule has 0 aliphatic heterocycles. The average molecular weight is 343 g/mol. The van der Waals surface area contributed by atoms with Crippen LogP contribution in [0.1, 0.15) is 17.2 Å². The molecule has 6 heteroatoms. The van der Waals surface area contributed by atoms with E-state index in [1.807, 2.05) is 41.1 Å². The van der Waals surface area contributed by atoms with Crippen molar-refractivity contribution in [1.29, 1.82) is 0 Å². The molecule has 0 saturated heterocycles. The Morgan fingerprint density at radius 3 is 2.75 bits per heavy atom. The van der Waals surface area contributed by atoms with Gasteiger partial charge in [-0.05, 0) is 23.8 Å². The van der Waals surface area contributed by atoms with E-state index >= 15 is 0 Å². The number of rotatable bonds is 7. The molecule has 2 aromatic heterocycles. The summed E-state index contributed by atoms with van der Waals surface area (Å²) in [6.45, 7) is 1.24. The third-order valence-electron chi connectivity index (χ3n) is 3.76. The molecule has 0 spiro atoms. The quantitative estimate of drug-likeness (QED) is 0.715. The van der Waals surface area contributed by atoms with Crippen LogP contribution in [-0.4, -0.2) is 28.3 Å². The van der Waals surface area contributed by atoms with E-state index < -0.39 is 0 Å². The van der Waals surface area contributed by atoms with Crippen LogP contribution in [0.25, 0.3) is 5.82 Å². The van der Waals surface area contributed by atoms with E-state index in [1.54, 1.807) is 25.8 Å². The second-order valence-corrected chi connectivity index (χ2v) is 5.83. The number of nitrogens with one attached hydrogen (secondary N) is 1. The molecule has 0 amide bonds. The smallest absolute Gasteiger partial charge is 0.142 e. The molecule has 0 aliphatic carbocycles. The van der Waals surface area contributed by atoms with Gasteiger partial charge in [-0.3, -0.25) is 4.57 Å². The van der Waals surface area contributed by atoms with Crippen molar-refractivity contribution in [3.8, 4) is 5.82 Å². The molecule has 3 rings (SSSR count). The molecule has 0 saturated carbocycles. The molecule has 0 unspecified atom stereocenters. The van der Waals surface area contributed by atoms with Gasteiger partial charge in [-0.1, -0.05) is 29.8 Å². The second-order valence-electron chi connectivity index (χ2n) is 5.40. The number of halogens is 1. The summed E-state index contributed by atoms with van der Waals surface area (Å²) in [7, 11) is 1.70. The molecule has 5 nitrogen and oxygen atoms in total. The highest BCUT2D eigenvalue weighted by atomic mass is 35.5. The zero-order valence-corrected chi connectivity index (χ0v) is 14.1. The minimum atomic E-state index is 0.0723. The van der Waals surface area contributed by atoms with Gasteiger partial charge in [-0.2, -0.15) is 0 Å². The number of imidazole rings is 1. The van der Waals surface area contributed by atoms with Crippen LogP contribution in [0.15, 0.2) is 61.3 Å². The third-order valence-corrected chi connectivity index (χ3v) is 4.01. The molecule has 0 fully saturated rings. The second kappa shape index (κ2) is 8.06. The first-order valence-electron chi connectivity index (χ1n) is 7.68. The average Bonchev–Trinajstić information content (AvgIpc) is 3.14. The van der Waals surface area contributed by atoms with Crippen molar-refractivity contribution >= 4 is 11.6 Å². The standard InChI is InChI=1S/C18H19ClN4O/c1-24-12-17(14-4-6-16(19)7-5-14)22-11-15-3-2-8-21-18(15)23-10-9-20-13-23/h2-10,13,17,22H,11-12H2,1H3/t17-/m0/s1. The Bertz CT molecular complexity index is 759. The van der Waals surface area contributed by atoms with Gasteiger partial charge in [-0.15, -0.1) is 0 Å². The zero-order chi connectivity index (χ0) is 16.8. The number of nitrogens with zero attached hydrogens (tertiary/aromatic N) is 3. The number of hydrogen-bond acceptors (Lipinski definition) is 4. The number of ether oxygens (including phenoxy) is 1. The van der Waals surface area contributed by atoms with Crippen molar-refractivity contribution in [3.63, 3.8) is 0 Å². The summed E-state index contributed by atoms with van der Waals surface area (Å²) in [4.78, 5) is 8.55. The topological polar surface area (TPSA) is 52.0 Å². The van der Waals surface area contributed by atoms with Crippen LogP contribution in [0.4, 0.5) is 0 Å². The minimum Gasteiger partial charge on any atom is -0.383 e. The highest BCUT2D eigenvalue weighted by Crippen LogP contribution is 2.18. The van der Waals surface area contributed by atoms with Crippen molar-refractivity contribution < 1.29 is 4.74 Å². The Labute approximate surface area is 146 Å². The normalized spacial score (nSPS) is 12.2. The van der Waals surface area contributed by atoms with E-state index in [1.165, 1.54) is 0 Å². The highest BCUT2D eigenvalue weighted by molar-refractivity contribution is 6.30. The molecule has 1 aromatic carbocycles. The number of pyridine rings is 1. The van der Waals surface area contributed by atoms with E-state index in [0.29, 0.717) is 13.2 Å². The lowest BCUT2D eigenvalue weighted by Gasteiger charge is -2.19. The number of aromatic nitrogens is 3. The lowest BCUT2D eigenvalue weighted by Crippen LogP contribution is -2.25. The molecule has 1 atom stereocenters. The summed E-state index contributed by atoms with van der Waals surface area (Å²) in [5, 5.41) is 4.26. The number of benzene rings is 1. The van der Waals surface area contributed by atoms with Gasteiger partial charge < -0.3 is 10.1 Å². The minimum absolute atomic E-state index is 0.0723. The first-order valence-corrected chi connectivity index (χ1v) is 8.05. The van der Waals surface area contributed by atoms with E-state index in [9.17, 15) is 0 Å². The van der Waals surface area contributed by atoms with Crippen LogP contribution >= 0.6 is 11.6 Å². The lowest BCUT2D eigenvalue weighted by molar-refractivity contribution is 0.166. The Morgan fingerprint density at radius 1 is 1.21 bits per heavy atom. The molecular formula is C18H19ClN4O. The predicted octanol–water partition coefficient (Wildman–Crippen LogP) is 3.40. The van der Waals surface area contributed by atoms with Crippen LogP contribution in [0, 0.1) is 0 Å². The molecule has 0 aliphatic rings. The molecule has 2 heterocycles. The molecule has 1 N–H and O–H groups in total. The van der Waals surface area contributed by atoms with Crippen LogP contribution < -0.4 is 5.32 Å². The fourth-order valence-electron chi connectivity index (χ4n) is 2.55. The van der Waals surface area contributed by atoms with Gasteiger partial charge in [0.2, 0.25) is 0 Å². The summed E-state index contributed by atoms with van der Waals surface area (Å²) >= 11 is 5.98. The van der Waals surface area contributed by atoms with Crippen LogP contribution in [0.5, 0.6) is 0 Å². The molecule has 3 aromatic rings. The molecule has 24 heavy (non-hydrogen) atoms. The van der Waals surface area contributed by atoms with Crippen LogP contribution in [0.2, 0.25) is 5.02 Å². The van der Waals surface area contributed by atoms with E-state index in [-0.39, 0.29) is 6.04 Å². The lowest BCUT2D eigenvalue weighted by atomic mass is 10.1. The highest BCUT2D eigenvalue weighted by Gasteiger charge is 2.13. The maximum absolute atomic E-state index is 5.98. The Kier molecular flexibility index (Phi) is 5.59. The summed E-state index contributed by atoms with van der Waals surface area (Å²) in [6, 6.07) is 11.9. The van der Waals surface area contributed by atoms with Gasteiger partial charge in [0.25, 0.3) is 0 Å². The van der Waals surface area contributed by atoms with Crippen LogP contribution in [0.3, 0.4) is 0 Å². The molecule has 0 bridgehead atoms. The van der Waals surface area contributed by atoms with Crippen molar-refractivity contribution in [2.24, 2.45) is 0 Å². The van der Waals surface area contributed by atoms with E-state index in [2.05, 4.69) is 21.4 Å². The fraction of sp³-hybridized carbons (Fsp3) is 0.222. The van der Waals surface area contributed by atoms with Gasteiger partial charge in [-0.25, -0.2) is 9.97 Å². The van der Waals surface area contributed by atoms with E-state index in [4.69, 9.17) is 16.3 Å². The largest absolute Gasteiger partial charge is 0.383 e. The fourth-order valence-corrected chi connectivity index (χ4v) is 2.68. The summed E-state index contributed by atoms with van der Waals surface area (Å²) in [6.07, 6.45) is 7.16. The van der Waals surface area contributed by atoms with Crippen molar-refractivity contribution in [2.75, 3.05) is 13.7 Å². The summed E-state index contributed by atoms with van der Waals surface area (Å²) < 4.78 is 7.26. The van der Waals surface area contributed by atoms with E-state index in [0.717, 1.165) is 22.0 Å². The van der Waals surface area contributed by atoms with Crippen molar-refractivity contribution in [1.82, 2.24) is 19.9 Å². The zero-order valence-electron chi connectivity index (χ0n) is 13.4. The Balaban J connectivity index is 1.77. The Hall–Kier alpha value is -2.21. The summed E-state index contributed by atoms with van der Waals surface area (Å²) in [5.41, 5.74) is 2.22. The summed E-state index contributed by atoms with van der Waals surface area (Å²) in [5.74, 6) is 0.870. The van der Waals surface area contributed by atoms with Gasteiger partial charge in [0.05, 0.1) is 12.6 Å². The van der Waals surface area contributed by atoms with Crippen LogP contribution in [-0.2, 0) is 11.3 Å². The number of hydrogen-bond donors (Lipinski definition) is 1. The first-order chi connectivity index (χ1) is 11.8. The van der Waals surface area contributed by atoms with Gasteiger partial charge in [0.15, 0.2) is 0 Å².